The van der Waals surface area contributed by atoms with Gasteiger partial charge in [0.2, 0.25) is 10.0 Å². The van der Waals surface area contributed by atoms with Crippen molar-refractivity contribution in [3.63, 3.8) is 0 Å². The van der Waals surface area contributed by atoms with E-state index in [4.69, 9.17) is 0 Å². The van der Waals surface area contributed by atoms with Gasteiger partial charge in [-0.2, -0.15) is 0 Å². The van der Waals surface area contributed by atoms with E-state index in [1.807, 2.05) is 0 Å². The summed E-state index contributed by atoms with van der Waals surface area (Å²) < 4.78 is 52.5. The Hall–Kier alpha value is -1.01. The van der Waals surface area contributed by atoms with Crippen LogP contribution in [0.1, 0.15) is 51.9 Å². The molecule has 0 unspecified atom stereocenters. The van der Waals surface area contributed by atoms with Gasteiger partial charge < -0.3 is 0 Å². The second-order valence-electron chi connectivity index (χ2n) is 5.09. The summed E-state index contributed by atoms with van der Waals surface area (Å²) >= 11 is 0. The molecule has 0 saturated carbocycles. The van der Waals surface area contributed by atoms with Crippen LogP contribution in [0.15, 0.2) is 23.1 Å². The van der Waals surface area contributed by atoms with Crippen molar-refractivity contribution in [2.75, 3.05) is 6.54 Å². The van der Waals surface area contributed by atoms with Gasteiger partial charge in [-0.15, -0.1) is 0 Å². The highest BCUT2D eigenvalue weighted by Crippen LogP contribution is 2.15. The molecular formula is C15H23F2NO2S. The average Bonchev–Trinajstić information content (AvgIpc) is 2.44. The first-order chi connectivity index (χ1) is 9.97. The van der Waals surface area contributed by atoms with Gasteiger partial charge in [0.05, 0.1) is 0 Å². The Bertz CT molecular complexity index is 532. The topological polar surface area (TPSA) is 46.2 Å². The largest absolute Gasteiger partial charge is 0.243 e. The van der Waals surface area contributed by atoms with Crippen molar-refractivity contribution in [3.8, 4) is 0 Å². The summed E-state index contributed by atoms with van der Waals surface area (Å²) in [7, 11) is -3.98. The van der Waals surface area contributed by atoms with Gasteiger partial charge in [0.15, 0.2) is 0 Å². The van der Waals surface area contributed by atoms with Gasteiger partial charge in [-0.3, -0.25) is 0 Å². The maximum Gasteiger partial charge on any atom is 0.243 e. The molecule has 0 amide bonds. The first-order valence-corrected chi connectivity index (χ1v) is 8.90. The van der Waals surface area contributed by atoms with Crippen LogP contribution in [0.3, 0.4) is 0 Å². The molecule has 0 aliphatic rings. The summed E-state index contributed by atoms with van der Waals surface area (Å²) in [6.45, 7) is 2.40. The zero-order chi connectivity index (χ0) is 15.7. The standard InChI is InChI=1S/C15H23F2NO2S/c1-2-3-4-5-6-7-8-11-18-21(19,20)15-12-13(16)9-10-14(15)17/h9-10,12,18H,2-8,11H2,1H3. The van der Waals surface area contributed by atoms with Gasteiger partial charge in [0, 0.05) is 6.54 Å². The Balaban J connectivity index is 2.35. The van der Waals surface area contributed by atoms with Crippen molar-refractivity contribution < 1.29 is 17.2 Å². The van der Waals surface area contributed by atoms with Crippen LogP contribution >= 0.6 is 0 Å². The molecule has 0 atom stereocenters. The summed E-state index contributed by atoms with van der Waals surface area (Å²) in [4.78, 5) is -0.634. The van der Waals surface area contributed by atoms with Crippen LogP contribution < -0.4 is 4.72 Å². The zero-order valence-electron chi connectivity index (χ0n) is 12.4. The van der Waals surface area contributed by atoms with E-state index in [-0.39, 0.29) is 6.54 Å². The Morgan fingerprint density at radius 3 is 2.29 bits per heavy atom. The van der Waals surface area contributed by atoms with Crippen LogP contribution in [0.5, 0.6) is 0 Å². The lowest BCUT2D eigenvalue weighted by molar-refractivity contribution is 0.540. The van der Waals surface area contributed by atoms with E-state index in [0.717, 1.165) is 31.4 Å². The van der Waals surface area contributed by atoms with Crippen molar-refractivity contribution in [1.29, 1.82) is 0 Å². The number of halogens is 2. The molecule has 1 aromatic carbocycles. The summed E-state index contributed by atoms with van der Waals surface area (Å²) in [5.41, 5.74) is 0. The second kappa shape index (κ2) is 9.10. The molecule has 0 bridgehead atoms. The number of hydrogen-bond donors (Lipinski definition) is 1. The normalized spacial score (nSPS) is 11.8. The summed E-state index contributed by atoms with van der Waals surface area (Å²) in [5.74, 6) is -1.71. The molecule has 120 valence electrons. The quantitative estimate of drug-likeness (QED) is 0.663. The average molecular weight is 319 g/mol. The van der Waals surface area contributed by atoms with Gasteiger partial charge in [-0.05, 0) is 24.6 Å². The fourth-order valence-corrected chi connectivity index (χ4v) is 3.21. The van der Waals surface area contributed by atoms with E-state index in [2.05, 4.69) is 11.6 Å². The van der Waals surface area contributed by atoms with Crippen molar-refractivity contribution >= 4 is 10.0 Å². The van der Waals surface area contributed by atoms with Gasteiger partial charge in [0.25, 0.3) is 0 Å². The second-order valence-corrected chi connectivity index (χ2v) is 6.83. The van der Waals surface area contributed by atoms with E-state index >= 15 is 0 Å². The molecule has 3 nitrogen and oxygen atoms in total. The van der Waals surface area contributed by atoms with Crippen molar-refractivity contribution in [3.05, 3.63) is 29.8 Å². The number of rotatable bonds is 10. The molecular weight excluding hydrogens is 296 g/mol. The first-order valence-electron chi connectivity index (χ1n) is 7.42. The molecule has 0 radical (unpaired) electrons. The first kappa shape index (κ1) is 18.0. The Labute approximate surface area is 125 Å². The molecule has 6 heteroatoms. The lowest BCUT2D eigenvalue weighted by Crippen LogP contribution is -2.25. The predicted octanol–water partition coefficient (Wildman–Crippen LogP) is 3.99. The lowest BCUT2D eigenvalue weighted by atomic mass is 10.1. The van der Waals surface area contributed by atoms with Crippen molar-refractivity contribution in [2.45, 2.75) is 56.8 Å². The summed E-state index contributed by atoms with van der Waals surface area (Å²) in [6, 6.07) is 2.41. The molecule has 0 saturated heterocycles. The van der Waals surface area contributed by atoms with Crippen LogP contribution in [0.25, 0.3) is 0 Å². The highest BCUT2D eigenvalue weighted by molar-refractivity contribution is 7.89. The molecule has 0 spiro atoms. The molecule has 0 heterocycles. The number of nitrogens with one attached hydrogen (secondary N) is 1. The van der Waals surface area contributed by atoms with E-state index in [1.54, 1.807) is 0 Å². The molecule has 0 fully saturated rings. The Morgan fingerprint density at radius 1 is 1.00 bits per heavy atom. The minimum Gasteiger partial charge on any atom is -0.211 e. The molecule has 1 rings (SSSR count). The smallest absolute Gasteiger partial charge is 0.211 e. The third-order valence-electron chi connectivity index (χ3n) is 3.26. The number of unbranched alkanes of at least 4 members (excludes halogenated alkanes) is 6. The lowest BCUT2D eigenvalue weighted by Gasteiger charge is -2.07. The van der Waals surface area contributed by atoms with Crippen LogP contribution in [0.2, 0.25) is 0 Å². The molecule has 0 aromatic heterocycles. The molecule has 0 aliphatic heterocycles. The predicted molar refractivity (Wildman–Crippen MR) is 79.5 cm³/mol. The van der Waals surface area contributed by atoms with Crippen LogP contribution in [0.4, 0.5) is 8.78 Å². The fourth-order valence-electron chi connectivity index (χ4n) is 2.05. The zero-order valence-corrected chi connectivity index (χ0v) is 13.2. The minimum atomic E-state index is -3.98. The summed E-state index contributed by atoms with van der Waals surface area (Å²) in [6.07, 6.45) is 7.47. The fraction of sp³-hybridized carbons (Fsp3) is 0.600. The van der Waals surface area contributed by atoms with Gasteiger partial charge >= 0.3 is 0 Å². The Kier molecular flexibility index (Phi) is 7.82. The monoisotopic (exact) mass is 319 g/mol. The van der Waals surface area contributed by atoms with E-state index in [1.165, 1.54) is 19.3 Å². The Morgan fingerprint density at radius 2 is 1.62 bits per heavy atom. The van der Waals surface area contributed by atoms with Gasteiger partial charge in [-0.1, -0.05) is 45.4 Å². The number of sulfonamides is 1. The van der Waals surface area contributed by atoms with Crippen LogP contribution in [0, 0.1) is 11.6 Å². The maximum absolute atomic E-state index is 13.4. The highest BCUT2D eigenvalue weighted by Gasteiger charge is 2.19. The van der Waals surface area contributed by atoms with Crippen LogP contribution in [-0.2, 0) is 10.0 Å². The molecule has 1 N–H and O–H groups in total. The molecule has 21 heavy (non-hydrogen) atoms. The number of benzene rings is 1. The SMILES string of the molecule is CCCCCCCCCNS(=O)(=O)c1cc(F)ccc1F. The molecule has 0 aliphatic carbocycles. The maximum atomic E-state index is 13.4. The van der Waals surface area contributed by atoms with E-state index in [9.17, 15) is 17.2 Å². The highest BCUT2D eigenvalue weighted by atomic mass is 32.2. The van der Waals surface area contributed by atoms with E-state index < -0.39 is 26.6 Å². The van der Waals surface area contributed by atoms with Gasteiger partial charge in [0.1, 0.15) is 16.5 Å². The summed E-state index contributed by atoms with van der Waals surface area (Å²) in [5, 5.41) is 0. The van der Waals surface area contributed by atoms with Crippen molar-refractivity contribution in [2.24, 2.45) is 0 Å². The third-order valence-corrected chi connectivity index (χ3v) is 4.73. The number of hydrogen-bond acceptors (Lipinski definition) is 2. The van der Waals surface area contributed by atoms with Gasteiger partial charge in [-0.25, -0.2) is 21.9 Å². The third kappa shape index (κ3) is 6.52. The molecule has 1 aromatic rings. The van der Waals surface area contributed by atoms with Crippen molar-refractivity contribution in [1.82, 2.24) is 4.72 Å². The van der Waals surface area contributed by atoms with Crippen LogP contribution in [-0.4, -0.2) is 15.0 Å². The van der Waals surface area contributed by atoms with E-state index in [0.29, 0.717) is 12.5 Å². The minimum absolute atomic E-state index is 0.242.